The normalized spacial score (nSPS) is 13.8. The first-order valence-corrected chi connectivity index (χ1v) is 9.12. The Balaban J connectivity index is 0.00000182. The first-order chi connectivity index (χ1) is 11.7. The molecular weight excluding hydrogens is 356 g/mol. The number of aryl methyl sites for hydroxylation is 1. The minimum atomic E-state index is -0.0230. The summed E-state index contributed by atoms with van der Waals surface area (Å²) in [6.45, 7) is 4.20. The summed E-state index contributed by atoms with van der Waals surface area (Å²) >= 11 is 1.46. The van der Waals surface area contributed by atoms with Crippen LogP contribution in [0.3, 0.4) is 0 Å². The summed E-state index contributed by atoms with van der Waals surface area (Å²) in [6.07, 6.45) is 1.96. The van der Waals surface area contributed by atoms with E-state index in [1.54, 1.807) is 0 Å². The van der Waals surface area contributed by atoms with Crippen molar-refractivity contribution in [2.24, 2.45) is 0 Å². The molecule has 0 saturated carbocycles. The summed E-state index contributed by atoms with van der Waals surface area (Å²) in [4.78, 5) is 16.8. The predicted octanol–water partition coefficient (Wildman–Crippen LogP) is 3.15. The van der Waals surface area contributed by atoms with Gasteiger partial charge in [-0.25, -0.2) is 4.98 Å². The Bertz CT molecular complexity index is 902. The third-order valence-electron chi connectivity index (χ3n) is 4.45. The van der Waals surface area contributed by atoms with Crippen LogP contribution in [0.2, 0.25) is 0 Å². The van der Waals surface area contributed by atoms with E-state index in [4.69, 9.17) is 0 Å². The van der Waals surface area contributed by atoms with E-state index in [9.17, 15) is 4.79 Å². The second-order valence-electron chi connectivity index (χ2n) is 6.12. The number of nitrogens with one attached hydrogen (secondary N) is 2. The zero-order chi connectivity index (χ0) is 16.5. The zero-order valence-electron chi connectivity index (χ0n) is 14.0. The number of para-hydroxylation sites is 1. The first-order valence-electron chi connectivity index (χ1n) is 8.24. The Kier molecular flexibility index (Phi) is 5.42. The molecule has 0 atom stereocenters. The van der Waals surface area contributed by atoms with Crippen LogP contribution in [0.1, 0.15) is 17.0 Å². The number of carbonyl (C=O) groups is 1. The molecule has 5 nitrogen and oxygen atoms in total. The van der Waals surface area contributed by atoms with Gasteiger partial charge in [0.05, 0.1) is 5.69 Å². The lowest BCUT2D eigenvalue weighted by atomic mass is 10.1. The number of hydrogen-bond donors (Lipinski definition) is 2. The average molecular weight is 377 g/mol. The highest BCUT2D eigenvalue weighted by atomic mass is 35.5. The molecule has 25 heavy (non-hydrogen) atoms. The van der Waals surface area contributed by atoms with E-state index in [1.807, 2.05) is 18.4 Å². The highest BCUT2D eigenvalue weighted by Crippen LogP contribution is 2.28. The van der Waals surface area contributed by atoms with E-state index in [2.05, 4.69) is 38.4 Å². The number of benzene rings is 1. The number of carbonyl (C=O) groups excluding carboxylic acids is 1. The van der Waals surface area contributed by atoms with E-state index in [1.165, 1.54) is 28.0 Å². The fourth-order valence-electron chi connectivity index (χ4n) is 3.43. The lowest BCUT2D eigenvalue weighted by Gasteiger charge is -2.10. The number of aromatic nitrogens is 2. The van der Waals surface area contributed by atoms with E-state index in [0.717, 1.165) is 37.1 Å². The predicted molar refractivity (Wildman–Crippen MR) is 105 cm³/mol. The lowest BCUT2D eigenvalue weighted by Crippen LogP contribution is -2.21. The van der Waals surface area contributed by atoms with Gasteiger partial charge in [0.2, 0.25) is 5.91 Å². The van der Waals surface area contributed by atoms with Crippen molar-refractivity contribution in [1.82, 2.24) is 14.9 Å². The van der Waals surface area contributed by atoms with Gasteiger partial charge in [-0.3, -0.25) is 4.79 Å². The summed E-state index contributed by atoms with van der Waals surface area (Å²) in [5, 5.41) is 10.2. The second-order valence-corrected chi connectivity index (χ2v) is 6.98. The van der Waals surface area contributed by atoms with Crippen LogP contribution < -0.4 is 10.6 Å². The van der Waals surface area contributed by atoms with Gasteiger partial charge in [-0.1, -0.05) is 18.2 Å². The van der Waals surface area contributed by atoms with Crippen LogP contribution in [0.15, 0.2) is 29.6 Å². The van der Waals surface area contributed by atoms with Crippen molar-refractivity contribution in [3.8, 4) is 0 Å². The van der Waals surface area contributed by atoms with Crippen molar-refractivity contribution in [2.45, 2.75) is 26.3 Å². The van der Waals surface area contributed by atoms with Crippen molar-refractivity contribution >= 4 is 45.7 Å². The molecule has 2 N–H and O–H groups in total. The van der Waals surface area contributed by atoms with Gasteiger partial charge in [-0.15, -0.1) is 23.7 Å². The third kappa shape index (κ3) is 3.56. The minimum Gasteiger partial charge on any atom is -0.335 e. The Labute approximate surface area is 156 Å². The number of halogens is 1. The smallest absolute Gasteiger partial charge is 0.246 e. The van der Waals surface area contributed by atoms with Crippen molar-refractivity contribution in [3.63, 3.8) is 0 Å². The molecule has 0 bridgehead atoms. The number of nitrogens with zero attached hydrogens (tertiary/aromatic N) is 2. The molecular formula is C18H21ClN4OS. The number of thiazole rings is 1. The lowest BCUT2D eigenvalue weighted by molar-refractivity contribution is -0.116. The highest BCUT2D eigenvalue weighted by molar-refractivity contribution is 7.13. The SMILES string of the molecule is Cc1csc(NC(=O)Cn2c3c(c4ccccc42)CCNCC3)n1.Cl. The maximum atomic E-state index is 12.5. The summed E-state index contributed by atoms with van der Waals surface area (Å²) in [7, 11) is 0. The van der Waals surface area contributed by atoms with Crippen molar-refractivity contribution in [3.05, 3.63) is 46.6 Å². The quantitative estimate of drug-likeness (QED) is 0.738. The number of hydrogen-bond acceptors (Lipinski definition) is 4. The van der Waals surface area contributed by atoms with Gasteiger partial charge < -0.3 is 15.2 Å². The van der Waals surface area contributed by atoms with Gasteiger partial charge >= 0.3 is 0 Å². The fourth-order valence-corrected chi connectivity index (χ4v) is 4.14. The standard InChI is InChI=1S/C18H20N4OS.ClH/c1-12-11-24-18(20-12)21-17(23)10-22-15-5-3-2-4-13(15)14-6-8-19-9-7-16(14)22;/h2-5,11,19H,6-10H2,1H3,(H,20,21,23);1H. The maximum absolute atomic E-state index is 12.5. The van der Waals surface area contributed by atoms with Gasteiger partial charge in [0, 0.05) is 34.9 Å². The van der Waals surface area contributed by atoms with E-state index < -0.39 is 0 Å². The Morgan fingerprint density at radius 3 is 2.92 bits per heavy atom. The fraction of sp³-hybridized carbons (Fsp3) is 0.333. The molecule has 0 radical (unpaired) electrons. The summed E-state index contributed by atoms with van der Waals surface area (Å²) in [6, 6.07) is 8.39. The second kappa shape index (κ2) is 7.56. The molecule has 0 fully saturated rings. The molecule has 1 aliphatic rings. The van der Waals surface area contributed by atoms with Gasteiger partial charge in [0.1, 0.15) is 6.54 Å². The molecule has 3 heterocycles. The van der Waals surface area contributed by atoms with E-state index in [-0.39, 0.29) is 18.3 Å². The highest BCUT2D eigenvalue weighted by Gasteiger charge is 2.20. The molecule has 0 spiro atoms. The number of fused-ring (bicyclic) bond motifs is 3. The molecule has 7 heteroatoms. The monoisotopic (exact) mass is 376 g/mol. The summed E-state index contributed by atoms with van der Waals surface area (Å²) in [5.74, 6) is -0.0230. The van der Waals surface area contributed by atoms with Crippen LogP contribution >= 0.6 is 23.7 Å². The Hall–Kier alpha value is -1.89. The molecule has 0 aliphatic carbocycles. The average Bonchev–Trinajstić information content (AvgIpc) is 3.00. The first kappa shape index (κ1) is 17.9. The Morgan fingerprint density at radius 1 is 1.32 bits per heavy atom. The minimum absolute atomic E-state index is 0. The molecule has 0 unspecified atom stereocenters. The van der Waals surface area contributed by atoms with E-state index in [0.29, 0.717) is 11.7 Å². The molecule has 132 valence electrons. The molecule has 3 aromatic rings. The molecule has 1 aromatic carbocycles. The molecule has 1 amide bonds. The van der Waals surface area contributed by atoms with Crippen LogP contribution in [0.25, 0.3) is 10.9 Å². The topological polar surface area (TPSA) is 59.0 Å². The Morgan fingerprint density at radius 2 is 2.12 bits per heavy atom. The van der Waals surface area contributed by atoms with Crippen LogP contribution in [0.4, 0.5) is 5.13 Å². The number of anilines is 1. The molecule has 0 saturated heterocycles. The largest absolute Gasteiger partial charge is 0.335 e. The van der Waals surface area contributed by atoms with Gasteiger partial charge in [0.15, 0.2) is 5.13 Å². The molecule has 2 aromatic heterocycles. The maximum Gasteiger partial charge on any atom is 0.246 e. The number of amides is 1. The van der Waals surface area contributed by atoms with Crippen molar-refractivity contribution in [2.75, 3.05) is 18.4 Å². The summed E-state index contributed by atoms with van der Waals surface area (Å²) in [5.41, 5.74) is 4.75. The zero-order valence-corrected chi connectivity index (χ0v) is 15.7. The van der Waals surface area contributed by atoms with E-state index >= 15 is 0 Å². The van der Waals surface area contributed by atoms with Crippen molar-refractivity contribution < 1.29 is 4.79 Å². The van der Waals surface area contributed by atoms with Crippen LogP contribution in [0.5, 0.6) is 0 Å². The van der Waals surface area contributed by atoms with Gasteiger partial charge in [-0.2, -0.15) is 0 Å². The van der Waals surface area contributed by atoms with Crippen LogP contribution in [-0.2, 0) is 24.2 Å². The van der Waals surface area contributed by atoms with Gasteiger partial charge in [-0.05, 0) is 31.5 Å². The number of rotatable bonds is 3. The third-order valence-corrected chi connectivity index (χ3v) is 5.33. The molecule has 4 rings (SSSR count). The molecule has 1 aliphatic heterocycles. The van der Waals surface area contributed by atoms with Crippen molar-refractivity contribution in [1.29, 1.82) is 0 Å². The summed E-state index contributed by atoms with van der Waals surface area (Å²) < 4.78 is 2.17. The van der Waals surface area contributed by atoms with Gasteiger partial charge in [0.25, 0.3) is 0 Å². The van der Waals surface area contributed by atoms with Crippen LogP contribution in [-0.4, -0.2) is 28.5 Å². The van der Waals surface area contributed by atoms with Crippen LogP contribution in [0, 0.1) is 6.92 Å².